The molecule has 0 bridgehead atoms. The summed E-state index contributed by atoms with van der Waals surface area (Å²) in [5.41, 5.74) is 1.65. The molecule has 1 aromatic carbocycles. The lowest BCUT2D eigenvalue weighted by atomic mass is 10.0. The quantitative estimate of drug-likeness (QED) is 0.664. The Kier molecular flexibility index (Phi) is 7.59. The van der Waals surface area contributed by atoms with Gasteiger partial charge >= 0.3 is 5.97 Å². The Morgan fingerprint density at radius 3 is 2.62 bits per heavy atom. The number of carbonyl (C=O) groups excluding carboxylic acids is 1. The zero-order valence-electron chi connectivity index (χ0n) is 15.0. The van der Waals surface area contributed by atoms with Crippen LogP contribution in [0.1, 0.15) is 32.4 Å². The van der Waals surface area contributed by atoms with Crippen LogP contribution in [0, 0.1) is 5.92 Å². The molecular weight excluding hydrogens is 352 g/mol. The first kappa shape index (κ1) is 19.9. The van der Waals surface area contributed by atoms with Crippen LogP contribution in [-0.2, 0) is 16.0 Å². The van der Waals surface area contributed by atoms with Crippen LogP contribution in [0.2, 0.25) is 0 Å². The number of ether oxygens (including phenoxy) is 1. The van der Waals surface area contributed by atoms with Crippen molar-refractivity contribution in [1.29, 1.82) is 0 Å². The number of carboxylic acids is 1. The number of hydrogen-bond donors (Lipinski definition) is 2. The largest absolute Gasteiger partial charge is 0.494 e. The van der Waals surface area contributed by atoms with Gasteiger partial charge in [-0.15, -0.1) is 11.3 Å². The Balaban J connectivity index is 1.90. The van der Waals surface area contributed by atoms with Crippen molar-refractivity contribution in [3.05, 3.63) is 35.3 Å². The summed E-state index contributed by atoms with van der Waals surface area (Å²) >= 11 is 1.48. The summed E-state index contributed by atoms with van der Waals surface area (Å²) < 4.78 is 5.42. The van der Waals surface area contributed by atoms with Crippen molar-refractivity contribution in [3.8, 4) is 16.3 Å². The van der Waals surface area contributed by atoms with Gasteiger partial charge in [0.15, 0.2) is 0 Å². The molecule has 2 aromatic rings. The van der Waals surface area contributed by atoms with Crippen LogP contribution in [0.3, 0.4) is 0 Å². The average Bonchev–Trinajstić information content (AvgIpc) is 3.07. The smallest absolute Gasteiger partial charge is 0.308 e. The van der Waals surface area contributed by atoms with Crippen molar-refractivity contribution in [3.63, 3.8) is 0 Å². The van der Waals surface area contributed by atoms with E-state index in [0.717, 1.165) is 22.7 Å². The van der Waals surface area contributed by atoms with Crippen molar-refractivity contribution in [2.75, 3.05) is 13.2 Å². The molecule has 2 N–H and O–H groups in total. The number of carboxylic acid groups (broad SMARTS) is 1. The molecule has 7 heteroatoms. The maximum absolute atomic E-state index is 12.1. The highest BCUT2D eigenvalue weighted by molar-refractivity contribution is 7.13. The van der Waals surface area contributed by atoms with Crippen molar-refractivity contribution in [1.82, 2.24) is 10.3 Å². The third-order valence-corrected chi connectivity index (χ3v) is 4.78. The SMILES string of the molecule is CCCC(CNC(=O)Cc1csc(-c2ccc(OCC)cc2)n1)C(=O)O. The standard InChI is InChI=1S/C19H24N2O4S/c1-3-5-14(19(23)24)11-20-17(22)10-15-12-26-18(21-15)13-6-8-16(9-7-13)25-4-2/h6-9,12,14H,3-5,10-11H2,1-2H3,(H,20,22)(H,23,24). The molecule has 0 radical (unpaired) electrons. The fourth-order valence-electron chi connectivity index (χ4n) is 2.51. The van der Waals surface area contributed by atoms with Gasteiger partial charge in [-0.3, -0.25) is 9.59 Å². The van der Waals surface area contributed by atoms with Gasteiger partial charge in [0, 0.05) is 17.5 Å². The first-order valence-electron chi connectivity index (χ1n) is 8.70. The van der Waals surface area contributed by atoms with Crippen LogP contribution in [0.5, 0.6) is 5.75 Å². The molecule has 1 heterocycles. The average molecular weight is 376 g/mol. The minimum atomic E-state index is -0.876. The van der Waals surface area contributed by atoms with E-state index in [0.29, 0.717) is 18.7 Å². The van der Waals surface area contributed by atoms with Gasteiger partial charge in [-0.2, -0.15) is 0 Å². The van der Waals surface area contributed by atoms with Crippen molar-refractivity contribution < 1.29 is 19.4 Å². The number of benzene rings is 1. The molecule has 0 spiro atoms. The van der Waals surface area contributed by atoms with E-state index >= 15 is 0 Å². The lowest BCUT2D eigenvalue weighted by Gasteiger charge is -2.11. The highest BCUT2D eigenvalue weighted by atomic mass is 32.1. The predicted octanol–water partition coefficient (Wildman–Crippen LogP) is 3.37. The second kappa shape index (κ2) is 9.91. The fraction of sp³-hybridized carbons (Fsp3) is 0.421. The molecular formula is C19H24N2O4S. The van der Waals surface area contributed by atoms with Gasteiger partial charge < -0.3 is 15.2 Å². The van der Waals surface area contributed by atoms with Crippen molar-refractivity contribution in [2.45, 2.75) is 33.1 Å². The molecule has 0 fully saturated rings. The molecule has 1 unspecified atom stereocenters. The Labute approximate surface area is 157 Å². The third-order valence-electron chi connectivity index (χ3n) is 3.84. The van der Waals surface area contributed by atoms with E-state index in [1.54, 1.807) is 0 Å². The molecule has 1 aromatic heterocycles. The zero-order valence-corrected chi connectivity index (χ0v) is 15.8. The maximum Gasteiger partial charge on any atom is 0.308 e. The molecule has 0 saturated carbocycles. The molecule has 0 aliphatic carbocycles. The van der Waals surface area contributed by atoms with Crippen LogP contribution >= 0.6 is 11.3 Å². The van der Waals surface area contributed by atoms with E-state index in [2.05, 4.69) is 10.3 Å². The first-order valence-corrected chi connectivity index (χ1v) is 9.58. The Morgan fingerprint density at radius 2 is 2.00 bits per heavy atom. The van der Waals surface area contributed by atoms with Crippen molar-refractivity contribution in [2.24, 2.45) is 5.92 Å². The summed E-state index contributed by atoms with van der Waals surface area (Å²) in [6.07, 6.45) is 1.46. The highest BCUT2D eigenvalue weighted by Crippen LogP contribution is 2.26. The second-order valence-electron chi connectivity index (χ2n) is 5.91. The van der Waals surface area contributed by atoms with Crippen LogP contribution in [0.25, 0.3) is 10.6 Å². The molecule has 2 rings (SSSR count). The topological polar surface area (TPSA) is 88.5 Å². The normalized spacial score (nSPS) is 11.8. The lowest BCUT2D eigenvalue weighted by Crippen LogP contribution is -2.33. The van der Waals surface area contributed by atoms with Gasteiger partial charge in [0.25, 0.3) is 0 Å². The van der Waals surface area contributed by atoms with E-state index in [9.17, 15) is 9.59 Å². The van der Waals surface area contributed by atoms with Crippen LogP contribution < -0.4 is 10.1 Å². The minimum Gasteiger partial charge on any atom is -0.494 e. The molecule has 1 atom stereocenters. The van der Waals surface area contributed by atoms with E-state index in [1.807, 2.05) is 43.5 Å². The summed E-state index contributed by atoms with van der Waals surface area (Å²) in [6.45, 7) is 4.64. The number of amides is 1. The Hall–Kier alpha value is -2.41. The lowest BCUT2D eigenvalue weighted by molar-refractivity contribution is -0.141. The molecule has 6 nitrogen and oxygen atoms in total. The van der Waals surface area contributed by atoms with Crippen LogP contribution in [0.4, 0.5) is 0 Å². The second-order valence-corrected chi connectivity index (χ2v) is 6.76. The first-order chi connectivity index (χ1) is 12.5. The van der Waals surface area contributed by atoms with Gasteiger partial charge in [-0.25, -0.2) is 4.98 Å². The van der Waals surface area contributed by atoms with E-state index in [1.165, 1.54) is 11.3 Å². The molecule has 1 amide bonds. The molecule has 0 aliphatic rings. The highest BCUT2D eigenvalue weighted by Gasteiger charge is 2.17. The molecule has 140 valence electrons. The Bertz CT molecular complexity index is 727. The number of thiazole rings is 1. The number of rotatable bonds is 10. The van der Waals surface area contributed by atoms with Gasteiger partial charge in [0.2, 0.25) is 5.91 Å². The van der Waals surface area contributed by atoms with Gasteiger partial charge in [-0.1, -0.05) is 13.3 Å². The Morgan fingerprint density at radius 1 is 1.27 bits per heavy atom. The monoisotopic (exact) mass is 376 g/mol. The van der Waals surface area contributed by atoms with E-state index < -0.39 is 11.9 Å². The number of carbonyl (C=O) groups is 2. The summed E-state index contributed by atoms with van der Waals surface area (Å²) in [5.74, 6) is -0.819. The summed E-state index contributed by atoms with van der Waals surface area (Å²) in [4.78, 5) is 27.7. The van der Waals surface area contributed by atoms with E-state index in [4.69, 9.17) is 9.84 Å². The van der Waals surface area contributed by atoms with Gasteiger partial charge in [0.05, 0.1) is 24.6 Å². The van der Waals surface area contributed by atoms with Crippen molar-refractivity contribution >= 4 is 23.2 Å². The third kappa shape index (κ3) is 5.84. The van der Waals surface area contributed by atoms with Gasteiger partial charge in [-0.05, 0) is 37.6 Å². The van der Waals surface area contributed by atoms with Crippen LogP contribution in [-0.4, -0.2) is 35.1 Å². The number of aromatic nitrogens is 1. The molecule has 0 saturated heterocycles. The predicted molar refractivity (Wildman–Crippen MR) is 101 cm³/mol. The molecule has 0 aliphatic heterocycles. The summed E-state index contributed by atoms with van der Waals surface area (Å²) in [6, 6.07) is 7.67. The molecule has 26 heavy (non-hydrogen) atoms. The van der Waals surface area contributed by atoms with E-state index in [-0.39, 0.29) is 18.9 Å². The number of hydrogen-bond acceptors (Lipinski definition) is 5. The number of nitrogens with zero attached hydrogens (tertiary/aromatic N) is 1. The number of nitrogens with one attached hydrogen (secondary N) is 1. The summed E-state index contributed by atoms with van der Waals surface area (Å²) in [5, 5.41) is 14.5. The summed E-state index contributed by atoms with van der Waals surface area (Å²) in [7, 11) is 0. The number of aliphatic carboxylic acids is 1. The minimum absolute atomic E-state index is 0.145. The van der Waals surface area contributed by atoms with Gasteiger partial charge in [0.1, 0.15) is 10.8 Å². The zero-order chi connectivity index (χ0) is 18.9. The maximum atomic E-state index is 12.1. The van der Waals surface area contributed by atoms with Crippen LogP contribution in [0.15, 0.2) is 29.6 Å². The fourth-order valence-corrected chi connectivity index (χ4v) is 3.33.